The van der Waals surface area contributed by atoms with Gasteiger partial charge >= 0.3 is 30.5 Å². The molecule has 2 N–H and O–H groups in total. The monoisotopic (exact) mass is 842 g/mol. The molecule has 278 valence electrons. The van der Waals surface area contributed by atoms with E-state index in [0.29, 0.717) is 16.8 Å². The van der Waals surface area contributed by atoms with Crippen LogP contribution >= 0.6 is 27.5 Å². The Balaban J connectivity index is 0.000000206. The lowest BCUT2D eigenvalue weighted by Gasteiger charge is -2.15. The maximum Gasteiger partial charge on any atom is 0.420 e. The minimum atomic E-state index is -5.12. The number of aromatic nitrogens is 4. The molecule has 0 atom stereocenters. The average Bonchev–Trinajstić information content (AvgIpc) is 3.66. The van der Waals surface area contributed by atoms with Gasteiger partial charge in [0.15, 0.2) is 0 Å². The topological polar surface area (TPSA) is 171 Å². The quantitative estimate of drug-likeness (QED) is 0.165. The van der Waals surface area contributed by atoms with Gasteiger partial charge in [-0.15, -0.1) is 0 Å². The molecule has 0 bridgehead atoms. The highest BCUT2D eigenvalue weighted by atomic mass is 79.9. The van der Waals surface area contributed by atoms with E-state index in [1.165, 1.54) is 19.1 Å². The van der Waals surface area contributed by atoms with Crippen LogP contribution in [0.15, 0.2) is 71.6 Å². The van der Waals surface area contributed by atoms with Crippen molar-refractivity contribution >= 4 is 61.7 Å². The first-order chi connectivity index (χ1) is 24.4. The van der Waals surface area contributed by atoms with Crippen molar-refractivity contribution in [2.24, 2.45) is 0 Å². The molecule has 0 saturated heterocycles. The zero-order chi connectivity index (χ0) is 39.5. The molecule has 0 fully saturated rings. The summed E-state index contributed by atoms with van der Waals surface area (Å²) < 4.78 is 131. The molecule has 23 heteroatoms. The minimum Gasteiger partial charge on any atom is -0.476 e. The van der Waals surface area contributed by atoms with Gasteiger partial charge in [0.2, 0.25) is 33.7 Å². The lowest BCUT2D eigenvalue weighted by molar-refractivity contribution is -0.138. The fourth-order valence-corrected chi connectivity index (χ4v) is 5.36. The van der Waals surface area contributed by atoms with Gasteiger partial charge in [0.25, 0.3) is 0 Å². The highest BCUT2D eigenvalue weighted by Crippen LogP contribution is 2.39. The van der Waals surface area contributed by atoms with E-state index in [-0.39, 0.29) is 37.3 Å². The molecule has 6 rings (SSSR count). The van der Waals surface area contributed by atoms with Gasteiger partial charge in [-0.3, -0.25) is 9.59 Å². The number of carbonyl (C=O) groups is 2. The predicted molar refractivity (Wildman–Crippen MR) is 166 cm³/mol. The molecule has 0 radical (unpaired) electrons. The van der Waals surface area contributed by atoms with Crippen molar-refractivity contribution < 1.29 is 68.2 Å². The number of carboxylic acids is 2. The first kappa shape index (κ1) is 38.6. The first-order valence-electron chi connectivity index (χ1n) is 13.8. The number of hydrogen-bond acceptors (Lipinski definition) is 8. The van der Waals surface area contributed by atoms with Crippen LogP contribution in [0.5, 0.6) is 0 Å². The highest BCUT2D eigenvalue weighted by molar-refractivity contribution is 9.10. The number of aryl methyl sites for hydroxylation is 1. The second-order valence-electron chi connectivity index (χ2n) is 10.5. The summed E-state index contributed by atoms with van der Waals surface area (Å²) in [7, 11) is 0. The number of alkyl halides is 9. The van der Waals surface area contributed by atoms with Crippen LogP contribution in [-0.2, 0) is 18.5 Å². The number of nitrogens with zero attached hydrogens (tertiary/aromatic N) is 4. The summed E-state index contributed by atoms with van der Waals surface area (Å²) in [6.07, 6.45) is -14.8. The van der Waals surface area contributed by atoms with Crippen molar-refractivity contribution in [1.82, 2.24) is 19.6 Å². The summed E-state index contributed by atoms with van der Waals surface area (Å²) in [5.41, 5.74) is -11.6. The Bertz CT molecular complexity index is 2590. The summed E-state index contributed by atoms with van der Waals surface area (Å²) in [6, 6.07) is 6.72. The van der Waals surface area contributed by atoms with E-state index in [9.17, 15) is 58.7 Å². The maximum atomic E-state index is 13.4. The lowest BCUT2D eigenvalue weighted by atomic mass is 10.1. The Kier molecular flexibility index (Phi) is 9.76. The fourth-order valence-electron chi connectivity index (χ4n) is 4.83. The van der Waals surface area contributed by atoms with Crippen LogP contribution in [-0.4, -0.2) is 41.7 Å². The number of halogens is 11. The van der Waals surface area contributed by atoms with Crippen LogP contribution in [0.1, 0.15) is 43.4 Å². The summed E-state index contributed by atoms with van der Waals surface area (Å²) in [5.74, 6) is -3.46. The molecule has 12 nitrogen and oxygen atoms in total. The van der Waals surface area contributed by atoms with E-state index in [1.54, 1.807) is 0 Å². The zero-order valence-electron chi connectivity index (χ0n) is 25.4. The van der Waals surface area contributed by atoms with Gasteiger partial charge in [0, 0.05) is 9.50 Å². The third kappa shape index (κ3) is 7.36. The highest BCUT2D eigenvalue weighted by Gasteiger charge is 2.40. The second-order valence-corrected chi connectivity index (χ2v) is 11.9. The van der Waals surface area contributed by atoms with E-state index < -0.39 is 91.9 Å². The van der Waals surface area contributed by atoms with Crippen molar-refractivity contribution in [1.29, 1.82) is 0 Å². The van der Waals surface area contributed by atoms with Crippen LogP contribution in [0.25, 0.3) is 33.6 Å². The number of fused-ring (bicyclic) bond motifs is 2. The first-order valence-corrected chi connectivity index (χ1v) is 14.9. The Hall–Kier alpha value is -5.64. The van der Waals surface area contributed by atoms with Gasteiger partial charge in [-0.25, -0.2) is 9.59 Å². The molecule has 0 amide bonds. The van der Waals surface area contributed by atoms with Gasteiger partial charge in [-0.1, -0.05) is 27.5 Å². The van der Waals surface area contributed by atoms with Gasteiger partial charge in [0.1, 0.15) is 23.0 Å². The molecule has 2 aromatic carbocycles. The number of hydrogen-bond donors (Lipinski definition) is 2. The van der Waals surface area contributed by atoms with Crippen LogP contribution < -0.4 is 10.9 Å². The smallest absolute Gasteiger partial charge is 0.420 e. The molecular weight excluding hydrogens is 831 g/mol. The molecule has 53 heavy (non-hydrogen) atoms. The van der Waals surface area contributed by atoms with E-state index in [4.69, 9.17) is 26.2 Å². The predicted octanol–water partition coefficient (Wildman–Crippen LogP) is 8.13. The number of aromatic carboxylic acids is 2. The van der Waals surface area contributed by atoms with Crippen molar-refractivity contribution in [2.75, 3.05) is 0 Å². The molecule has 4 heterocycles. The zero-order valence-corrected chi connectivity index (χ0v) is 27.8. The van der Waals surface area contributed by atoms with E-state index >= 15 is 0 Å². The van der Waals surface area contributed by atoms with E-state index in [2.05, 4.69) is 30.5 Å². The van der Waals surface area contributed by atoms with Crippen LogP contribution in [0.4, 0.5) is 39.5 Å². The van der Waals surface area contributed by atoms with E-state index in [1.807, 2.05) is 0 Å². The van der Waals surface area contributed by atoms with E-state index in [0.717, 1.165) is 18.2 Å². The summed E-state index contributed by atoms with van der Waals surface area (Å²) >= 11 is 8.49. The van der Waals surface area contributed by atoms with Crippen LogP contribution in [0, 0.1) is 6.92 Å². The Morgan fingerprint density at radius 1 is 0.736 bits per heavy atom. The molecule has 4 aromatic heterocycles. The minimum absolute atomic E-state index is 0.00486. The normalized spacial score (nSPS) is 12.2. The number of furan rings is 2. The molecule has 0 spiro atoms. The summed E-state index contributed by atoms with van der Waals surface area (Å²) in [6.45, 7) is 1.47. The molecular formula is C30H13BrClF9N4O8. The molecule has 6 aromatic rings. The molecule has 0 saturated carbocycles. The van der Waals surface area contributed by atoms with Gasteiger partial charge in [0.05, 0.1) is 27.9 Å². The van der Waals surface area contributed by atoms with Crippen LogP contribution in [0.3, 0.4) is 0 Å². The Morgan fingerprint density at radius 2 is 1.23 bits per heavy atom. The summed E-state index contributed by atoms with van der Waals surface area (Å²) in [4.78, 5) is 46.8. The number of rotatable bonds is 4. The van der Waals surface area contributed by atoms with Gasteiger partial charge < -0.3 is 19.0 Å². The van der Waals surface area contributed by atoms with Crippen molar-refractivity contribution in [2.45, 2.75) is 25.5 Å². The number of carboxylic acid groups (broad SMARTS) is 2. The fraction of sp³-hybridized carbons (Fsp3) is 0.133. The van der Waals surface area contributed by atoms with Crippen molar-refractivity contribution in [3.05, 3.63) is 113 Å². The average molecular weight is 844 g/mol. The summed E-state index contributed by atoms with van der Waals surface area (Å²) in [5, 5.41) is 23.5. The SMILES string of the molecule is Cc1cc2c(=O)c(C(=O)O)nn(-c3ccc(Cl)cc3C(F)(F)F)c2o1.O=C(O)c1nn(-c2ccc(Br)cc2C(F)(F)F)c2occ(C(F)(F)F)c2c1=O. The molecule has 0 aliphatic heterocycles. The third-order valence-electron chi connectivity index (χ3n) is 6.99. The van der Waals surface area contributed by atoms with Crippen LogP contribution in [0.2, 0.25) is 5.02 Å². The van der Waals surface area contributed by atoms with Crippen molar-refractivity contribution in [3.8, 4) is 11.4 Å². The third-order valence-corrected chi connectivity index (χ3v) is 7.72. The molecule has 0 unspecified atom stereocenters. The van der Waals surface area contributed by atoms with Gasteiger partial charge in [-0.05, 0) is 49.4 Å². The molecule has 0 aliphatic rings. The largest absolute Gasteiger partial charge is 0.476 e. The maximum absolute atomic E-state index is 13.4. The lowest BCUT2D eigenvalue weighted by Crippen LogP contribution is -2.24. The number of benzene rings is 2. The molecule has 0 aliphatic carbocycles. The van der Waals surface area contributed by atoms with Gasteiger partial charge in [-0.2, -0.15) is 59.1 Å². The Labute approximate surface area is 298 Å². The standard InChI is InChI=1S/C15H5BrF6N2O4.C15H8ClF3N2O4/c16-5-1-2-8(6(3-5)14(17,18)19)24-12-9(7(4-28-12)15(20,21)22)11(25)10(23-24)13(26)27;1-6-4-8-12(22)11(14(23)24)20-21(13(8)25-6)10-3-2-7(16)5-9(10)15(17,18)19/h1-4H,(H,26,27);2-5H,1H3,(H,23,24). The Morgan fingerprint density at radius 3 is 1.75 bits per heavy atom. The van der Waals surface area contributed by atoms with Crippen molar-refractivity contribution in [3.63, 3.8) is 0 Å². The second kappa shape index (κ2) is 13.4.